The number of nitrogens with two attached hydrogens (primary N) is 1. The van der Waals surface area contributed by atoms with Gasteiger partial charge in [0.2, 0.25) is 5.91 Å². The van der Waals surface area contributed by atoms with Gasteiger partial charge in [0.25, 0.3) is 0 Å². The van der Waals surface area contributed by atoms with Gasteiger partial charge >= 0.3 is 0 Å². The van der Waals surface area contributed by atoms with Crippen LogP contribution >= 0.6 is 0 Å². The maximum absolute atomic E-state index is 13.2. The highest BCUT2D eigenvalue weighted by Crippen LogP contribution is 2.36. The zero-order valence-corrected chi connectivity index (χ0v) is 17.5. The van der Waals surface area contributed by atoms with Crippen LogP contribution in [0.1, 0.15) is 22.7 Å². The van der Waals surface area contributed by atoms with Crippen LogP contribution in [0.2, 0.25) is 0 Å². The monoisotopic (exact) mass is 418 g/mol. The lowest BCUT2D eigenvalue weighted by atomic mass is 10.0. The molecule has 160 valence electrons. The summed E-state index contributed by atoms with van der Waals surface area (Å²) in [5, 5.41) is 13.8. The summed E-state index contributed by atoms with van der Waals surface area (Å²) in [6.45, 7) is 0.396. The Labute approximate surface area is 181 Å². The molecule has 1 amide bonds. The largest absolute Gasteiger partial charge is 0.493 e. The zero-order chi connectivity index (χ0) is 22.2. The van der Waals surface area contributed by atoms with Gasteiger partial charge in [-0.05, 0) is 35.9 Å². The van der Waals surface area contributed by atoms with Crippen LogP contribution in [0.4, 0.5) is 5.69 Å². The molecule has 3 aromatic rings. The number of amidine groups is 1. The maximum Gasteiger partial charge on any atom is 0.247 e. The summed E-state index contributed by atoms with van der Waals surface area (Å²) < 4.78 is 11.0. The summed E-state index contributed by atoms with van der Waals surface area (Å²) in [5.41, 5.74) is 8.49. The van der Waals surface area contributed by atoms with Crippen molar-refractivity contribution in [3.8, 4) is 11.5 Å². The Hall–Kier alpha value is -4.00. The third kappa shape index (κ3) is 5.33. The lowest BCUT2D eigenvalue weighted by Gasteiger charge is -2.23. The number of nitrogens with one attached hydrogen (secondary N) is 3. The highest BCUT2D eigenvalue weighted by molar-refractivity contribution is 5.95. The number of ether oxygens (including phenoxy) is 2. The van der Waals surface area contributed by atoms with Crippen molar-refractivity contribution in [2.75, 3.05) is 19.5 Å². The number of carbonyl (C=O) groups excluding carboxylic acids is 1. The summed E-state index contributed by atoms with van der Waals surface area (Å²) in [7, 11) is 3.10. The van der Waals surface area contributed by atoms with Gasteiger partial charge in [-0.3, -0.25) is 10.2 Å². The van der Waals surface area contributed by atoms with E-state index in [2.05, 4.69) is 10.6 Å². The lowest BCUT2D eigenvalue weighted by molar-refractivity contribution is -0.122. The summed E-state index contributed by atoms with van der Waals surface area (Å²) in [6, 6.07) is 21.4. The molecule has 7 nitrogen and oxygen atoms in total. The molecule has 0 fully saturated rings. The summed E-state index contributed by atoms with van der Waals surface area (Å²) >= 11 is 0. The summed E-state index contributed by atoms with van der Waals surface area (Å²) in [5.74, 6) is 0.788. The van der Waals surface area contributed by atoms with Crippen LogP contribution in [0.3, 0.4) is 0 Å². The van der Waals surface area contributed by atoms with Gasteiger partial charge in [0.05, 0.1) is 14.2 Å². The second-order valence-electron chi connectivity index (χ2n) is 6.85. The van der Waals surface area contributed by atoms with Crippen molar-refractivity contribution < 1.29 is 14.3 Å². The van der Waals surface area contributed by atoms with Gasteiger partial charge in [-0.1, -0.05) is 42.5 Å². The number of hydrogen-bond acceptors (Lipinski definition) is 5. The summed E-state index contributed by atoms with van der Waals surface area (Å²) in [6.07, 6.45) is 0. The first kappa shape index (κ1) is 21.7. The van der Waals surface area contributed by atoms with Crippen LogP contribution in [0.25, 0.3) is 0 Å². The van der Waals surface area contributed by atoms with Gasteiger partial charge in [-0.2, -0.15) is 0 Å². The van der Waals surface area contributed by atoms with Crippen molar-refractivity contribution in [3.63, 3.8) is 0 Å². The number of nitrogen functional groups attached to an aromatic ring is 1. The van der Waals surface area contributed by atoms with E-state index in [9.17, 15) is 4.79 Å². The lowest BCUT2D eigenvalue weighted by Crippen LogP contribution is -2.33. The molecule has 1 atom stereocenters. The van der Waals surface area contributed by atoms with Gasteiger partial charge in [0.1, 0.15) is 11.9 Å². The first-order chi connectivity index (χ1) is 15.0. The Morgan fingerprint density at radius 1 is 0.968 bits per heavy atom. The van der Waals surface area contributed by atoms with Crippen LogP contribution in [-0.2, 0) is 11.3 Å². The van der Waals surface area contributed by atoms with Crippen molar-refractivity contribution in [3.05, 3.63) is 89.5 Å². The zero-order valence-electron chi connectivity index (χ0n) is 17.5. The van der Waals surface area contributed by atoms with Crippen LogP contribution in [0.15, 0.2) is 72.8 Å². The second kappa shape index (κ2) is 10.2. The average molecular weight is 418 g/mol. The number of rotatable bonds is 9. The van der Waals surface area contributed by atoms with Gasteiger partial charge in [-0.25, -0.2) is 0 Å². The molecule has 0 spiro atoms. The van der Waals surface area contributed by atoms with Gasteiger partial charge in [-0.15, -0.1) is 0 Å². The number of methoxy groups -OCH3 is 2. The van der Waals surface area contributed by atoms with Crippen LogP contribution in [0.5, 0.6) is 11.5 Å². The van der Waals surface area contributed by atoms with Crippen LogP contribution in [0, 0.1) is 5.41 Å². The molecule has 0 saturated heterocycles. The van der Waals surface area contributed by atoms with E-state index in [1.807, 2.05) is 42.5 Å². The molecule has 0 radical (unpaired) electrons. The van der Waals surface area contributed by atoms with Gasteiger partial charge in [0, 0.05) is 23.4 Å². The predicted molar refractivity (Wildman–Crippen MR) is 122 cm³/mol. The third-order valence-electron chi connectivity index (χ3n) is 4.82. The smallest absolute Gasteiger partial charge is 0.247 e. The Morgan fingerprint density at radius 3 is 2.29 bits per heavy atom. The van der Waals surface area contributed by atoms with E-state index in [4.69, 9.17) is 20.6 Å². The molecule has 7 heteroatoms. The highest BCUT2D eigenvalue weighted by atomic mass is 16.5. The molecule has 0 aliphatic carbocycles. The molecule has 5 N–H and O–H groups in total. The molecule has 0 aliphatic rings. The minimum atomic E-state index is -0.739. The minimum absolute atomic E-state index is 0.0156. The normalized spacial score (nSPS) is 11.3. The number of amides is 1. The van der Waals surface area contributed by atoms with E-state index in [0.29, 0.717) is 34.9 Å². The van der Waals surface area contributed by atoms with E-state index >= 15 is 0 Å². The van der Waals surface area contributed by atoms with Crippen molar-refractivity contribution in [2.45, 2.75) is 12.6 Å². The third-order valence-corrected chi connectivity index (χ3v) is 4.82. The Morgan fingerprint density at radius 2 is 1.68 bits per heavy atom. The van der Waals surface area contributed by atoms with Crippen molar-refractivity contribution >= 4 is 17.4 Å². The fourth-order valence-corrected chi connectivity index (χ4v) is 3.22. The average Bonchev–Trinajstić information content (AvgIpc) is 2.81. The molecule has 31 heavy (non-hydrogen) atoms. The van der Waals surface area contributed by atoms with E-state index in [1.165, 1.54) is 0 Å². The van der Waals surface area contributed by atoms with Crippen molar-refractivity contribution in [1.29, 1.82) is 5.41 Å². The van der Waals surface area contributed by atoms with Crippen LogP contribution < -0.4 is 25.8 Å². The summed E-state index contributed by atoms with van der Waals surface area (Å²) in [4.78, 5) is 13.2. The molecule has 3 aromatic carbocycles. The Kier molecular flexibility index (Phi) is 7.11. The highest BCUT2D eigenvalue weighted by Gasteiger charge is 2.26. The number of benzene rings is 3. The molecule has 3 rings (SSSR count). The van der Waals surface area contributed by atoms with Crippen molar-refractivity contribution in [2.24, 2.45) is 5.73 Å². The fourth-order valence-electron chi connectivity index (χ4n) is 3.22. The van der Waals surface area contributed by atoms with E-state index in [1.54, 1.807) is 44.6 Å². The molecule has 1 unspecified atom stereocenters. The predicted octanol–water partition coefficient (Wildman–Crippen LogP) is 3.46. The second-order valence-corrected chi connectivity index (χ2v) is 6.85. The quantitative estimate of drug-likeness (QED) is 0.314. The Bertz CT molecular complexity index is 1040. The molecular formula is C24H26N4O3. The van der Waals surface area contributed by atoms with E-state index < -0.39 is 6.04 Å². The van der Waals surface area contributed by atoms with E-state index in [0.717, 1.165) is 5.56 Å². The number of hydrogen-bond donors (Lipinski definition) is 4. The molecule has 0 bridgehead atoms. The van der Waals surface area contributed by atoms with E-state index in [-0.39, 0.29) is 11.7 Å². The first-order valence-electron chi connectivity index (χ1n) is 9.77. The SMILES string of the molecule is COc1cccc(C(Nc2ccc(C(=N)N)cc2)C(=O)NCc2ccccc2)c1OC. The molecule has 0 aromatic heterocycles. The standard InChI is InChI=1S/C24H26N4O3/c1-30-20-10-6-9-19(22(20)31-2)21(24(29)27-15-16-7-4-3-5-8-16)28-18-13-11-17(12-14-18)23(25)26/h3-14,21,28H,15H2,1-2H3,(H3,25,26)(H,27,29). The molecular weight excluding hydrogens is 392 g/mol. The number of anilines is 1. The molecule has 0 heterocycles. The minimum Gasteiger partial charge on any atom is -0.493 e. The molecule has 0 saturated carbocycles. The number of carbonyl (C=O) groups is 1. The maximum atomic E-state index is 13.2. The molecule has 0 aliphatic heterocycles. The number of para-hydroxylation sites is 1. The van der Waals surface area contributed by atoms with Crippen LogP contribution in [-0.4, -0.2) is 26.0 Å². The van der Waals surface area contributed by atoms with Gasteiger partial charge in [0.15, 0.2) is 11.5 Å². The Balaban J connectivity index is 1.91. The first-order valence-corrected chi connectivity index (χ1v) is 9.77. The van der Waals surface area contributed by atoms with Gasteiger partial charge < -0.3 is 25.8 Å². The van der Waals surface area contributed by atoms with Crippen molar-refractivity contribution in [1.82, 2.24) is 5.32 Å². The fraction of sp³-hybridized carbons (Fsp3) is 0.167. The topological polar surface area (TPSA) is 109 Å².